The van der Waals surface area contributed by atoms with Gasteiger partial charge in [0.15, 0.2) is 5.58 Å². The molecular weight excluding hydrogens is 302 g/mol. The highest BCUT2D eigenvalue weighted by Crippen LogP contribution is 2.39. The minimum Gasteiger partial charge on any atom is -0.436 e. The largest absolute Gasteiger partial charge is 0.436 e. The third-order valence-corrected chi connectivity index (χ3v) is 3.15. The van der Waals surface area contributed by atoms with Gasteiger partial charge in [-0.3, -0.25) is 0 Å². The van der Waals surface area contributed by atoms with Crippen molar-refractivity contribution in [2.45, 2.75) is 6.18 Å². The molecule has 0 aliphatic carbocycles. The molecule has 1 aromatic carbocycles. The Labute approximate surface area is 121 Å². The molecule has 0 radical (unpaired) electrons. The number of alkyl halides is 3. The van der Waals surface area contributed by atoms with Gasteiger partial charge in [0.2, 0.25) is 5.88 Å². The first-order valence-electron chi connectivity index (χ1n) is 6.09. The predicted octanol–water partition coefficient (Wildman–Crippen LogP) is 3.82. The molecule has 3 aromatic rings. The molecule has 0 saturated carbocycles. The van der Waals surface area contributed by atoms with Gasteiger partial charge >= 0.3 is 6.18 Å². The third kappa shape index (κ3) is 2.22. The number of rotatable bonds is 1. The summed E-state index contributed by atoms with van der Waals surface area (Å²) in [6.07, 6.45) is -4.67. The summed E-state index contributed by atoms with van der Waals surface area (Å²) in [6.45, 7) is 0. The van der Waals surface area contributed by atoms with E-state index in [-0.39, 0.29) is 33.8 Å². The highest BCUT2D eigenvalue weighted by molar-refractivity contribution is 6.01. The Morgan fingerprint density at radius 3 is 2.27 bits per heavy atom. The molecule has 0 atom stereocenters. The number of benzene rings is 1. The van der Waals surface area contributed by atoms with Crippen LogP contribution in [0.4, 0.5) is 29.1 Å². The Morgan fingerprint density at radius 2 is 1.68 bits per heavy atom. The van der Waals surface area contributed by atoms with E-state index in [9.17, 15) is 17.6 Å². The van der Waals surface area contributed by atoms with E-state index in [1.807, 2.05) is 0 Å². The minimum absolute atomic E-state index is 0.0131. The van der Waals surface area contributed by atoms with Gasteiger partial charge in [-0.25, -0.2) is 9.37 Å². The maximum atomic E-state index is 13.0. The van der Waals surface area contributed by atoms with Crippen LogP contribution in [0.2, 0.25) is 0 Å². The van der Waals surface area contributed by atoms with Crippen LogP contribution in [-0.4, -0.2) is 4.98 Å². The SMILES string of the molecule is Nc1oc2c(-c3ccc(F)cc3)nc(C(F)(F)F)cc2c1N. The molecule has 8 heteroatoms. The van der Waals surface area contributed by atoms with Crippen LogP contribution in [0.3, 0.4) is 0 Å². The van der Waals surface area contributed by atoms with E-state index in [4.69, 9.17) is 15.9 Å². The van der Waals surface area contributed by atoms with E-state index in [1.54, 1.807) is 0 Å². The summed E-state index contributed by atoms with van der Waals surface area (Å²) in [7, 11) is 0. The Morgan fingerprint density at radius 1 is 1.05 bits per heavy atom. The van der Waals surface area contributed by atoms with E-state index in [0.717, 1.165) is 18.2 Å². The van der Waals surface area contributed by atoms with Crippen LogP contribution in [-0.2, 0) is 6.18 Å². The molecule has 4 nitrogen and oxygen atoms in total. The number of nitrogen functional groups attached to an aromatic ring is 2. The van der Waals surface area contributed by atoms with Gasteiger partial charge in [0.1, 0.15) is 22.9 Å². The van der Waals surface area contributed by atoms with Gasteiger partial charge in [-0.05, 0) is 30.3 Å². The third-order valence-electron chi connectivity index (χ3n) is 3.15. The molecule has 0 saturated heterocycles. The number of hydrogen-bond acceptors (Lipinski definition) is 4. The van der Waals surface area contributed by atoms with Crippen LogP contribution in [0.25, 0.3) is 22.2 Å². The van der Waals surface area contributed by atoms with Gasteiger partial charge in [0.25, 0.3) is 0 Å². The molecule has 22 heavy (non-hydrogen) atoms. The minimum atomic E-state index is -4.67. The summed E-state index contributed by atoms with van der Waals surface area (Å²) in [5.41, 5.74) is 10.1. The first kappa shape index (κ1) is 14.2. The monoisotopic (exact) mass is 311 g/mol. The number of hydrogen-bond donors (Lipinski definition) is 2. The number of nitrogens with two attached hydrogens (primary N) is 2. The Kier molecular flexibility index (Phi) is 2.98. The van der Waals surface area contributed by atoms with Crippen LogP contribution in [0.15, 0.2) is 34.7 Å². The molecule has 0 spiro atoms. The average molecular weight is 311 g/mol. The van der Waals surface area contributed by atoms with Crippen LogP contribution in [0, 0.1) is 5.82 Å². The second-order valence-electron chi connectivity index (χ2n) is 4.62. The van der Waals surface area contributed by atoms with E-state index in [0.29, 0.717) is 0 Å². The van der Waals surface area contributed by atoms with Gasteiger partial charge in [-0.1, -0.05) is 0 Å². The van der Waals surface area contributed by atoms with E-state index >= 15 is 0 Å². The number of anilines is 2. The molecule has 114 valence electrons. The summed E-state index contributed by atoms with van der Waals surface area (Å²) in [5.74, 6) is -0.718. The Balaban J connectivity index is 2.36. The number of aromatic nitrogens is 1. The normalized spacial score (nSPS) is 12.0. The zero-order valence-electron chi connectivity index (χ0n) is 10.9. The van der Waals surface area contributed by atoms with E-state index in [1.165, 1.54) is 12.1 Å². The van der Waals surface area contributed by atoms with Crippen molar-refractivity contribution in [3.63, 3.8) is 0 Å². The number of halogens is 4. The fourth-order valence-corrected chi connectivity index (χ4v) is 2.08. The molecule has 2 aromatic heterocycles. The number of furan rings is 1. The van der Waals surface area contributed by atoms with Gasteiger partial charge in [0, 0.05) is 5.56 Å². The van der Waals surface area contributed by atoms with Gasteiger partial charge < -0.3 is 15.9 Å². The number of nitrogens with zero attached hydrogens (tertiary/aromatic N) is 1. The maximum Gasteiger partial charge on any atom is 0.433 e. The van der Waals surface area contributed by atoms with E-state index in [2.05, 4.69) is 4.98 Å². The first-order valence-corrected chi connectivity index (χ1v) is 6.09. The lowest BCUT2D eigenvalue weighted by atomic mass is 10.1. The van der Waals surface area contributed by atoms with Crippen molar-refractivity contribution in [3.05, 3.63) is 41.8 Å². The first-order chi connectivity index (χ1) is 10.3. The smallest absolute Gasteiger partial charge is 0.433 e. The van der Waals surface area contributed by atoms with Crippen LogP contribution in [0.1, 0.15) is 5.69 Å². The summed E-state index contributed by atoms with van der Waals surface area (Å²) in [4.78, 5) is 3.57. The van der Waals surface area contributed by atoms with E-state index < -0.39 is 17.7 Å². The lowest BCUT2D eigenvalue weighted by Crippen LogP contribution is -2.08. The number of fused-ring (bicyclic) bond motifs is 1. The van der Waals surface area contributed by atoms with Crippen LogP contribution < -0.4 is 11.5 Å². The summed E-state index contributed by atoms with van der Waals surface area (Å²) < 4.78 is 57.2. The van der Waals surface area contributed by atoms with Crippen molar-refractivity contribution in [1.29, 1.82) is 0 Å². The molecular formula is C14H9F4N3O. The topological polar surface area (TPSA) is 78.1 Å². The van der Waals surface area contributed by atoms with Crippen molar-refractivity contribution >= 4 is 22.5 Å². The highest BCUT2D eigenvalue weighted by Gasteiger charge is 2.34. The van der Waals surface area contributed by atoms with Crippen LogP contribution >= 0.6 is 0 Å². The Bertz CT molecular complexity index is 853. The zero-order chi connectivity index (χ0) is 16.1. The average Bonchev–Trinajstić information content (AvgIpc) is 2.74. The fourth-order valence-electron chi connectivity index (χ4n) is 2.08. The highest BCUT2D eigenvalue weighted by atomic mass is 19.4. The molecule has 0 unspecified atom stereocenters. The van der Waals surface area contributed by atoms with Crippen LogP contribution in [0.5, 0.6) is 0 Å². The zero-order valence-corrected chi connectivity index (χ0v) is 10.9. The summed E-state index contributed by atoms with van der Waals surface area (Å²) in [5, 5.41) is 0.0131. The molecule has 0 aliphatic rings. The predicted molar refractivity (Wildman–Crippen MR) is 73.2 cm³/mol. The molecule has 0 amide bonds. The second kappa shape index (κ2) is 4.62. The van der Waals surface area contributed by atoms with Crippen molar-refractivity contribution in [2.75, 3.05) is 11.5 Å². The second-order valence-corrected chi connectivity index (χ2v) is 4.62. The lowest BCUT2D eigenvalue weighted by molar-refractivity contribution is -0.141. The fraction of sp³-hybridized carbons (Fsp3) is 0.0714. The standard InChI is InChI=1S/C14H9F4N3O/c15-7-3-1-6(2-4-7)11-12-8(10(19)13(20)22-12)5-9(21-11)14(16,17)18/h1-5H,19-20H2. The molecule has 0 bridgehead atoms. The maximum absolute atomic E-state index is 13.0. The molecule has 2 heterocycles. The lowest BCUT2D eigenvalue weighted by Gasteiger charge is -2.09. The quantitative estimate of drug-likeness (QED) is 0.670. The molecule has 4 N–H and O–H groups in total. The number of pyridine rings is 1. The molecule has 0 fully saturated rings. The van der Waals surface area contributed by atoms with Crippen molar-refractivity contribution in [1.82, 2.24) is 4.98 Å². The molecule has 3 rings (SSSR count). The Hall–Kier alpha value is -2.77. The van der Waals surface area contributed by atoms with Crippen molar-refractivity contribution in [3.8, 4) is 11.3 Å². The molecule has 0 aliphatic heterocycles. The van der Waals surface area contributed by atoms with Gasteiger partial charge in [-0.15, -0.1) is 0 Å². The summed E-state index contributed by atoms with van der Waals surface area (Å²) in [6, 6.07) is 5.59. The van der Waals surface area contributed by atoms with Crippen molar-refractivity contribution in [2.24, 2.45) is 0 Å². The summed E-state index contributed by atoms with van der Waals surface area (Å²) >= 11 is 0. The van der Waals surface area contributed by atoms with Gasteiger partial charge in [0.05, 0.1) is 5.39 Å². The van der Waals surface area contributed by atoms with Gasteiger partial charge in [-0.2, -0.15) is 13.2 Å². The van der Waals surface area contributed by atoms with Crippen molar-refractivity contribution < 1.29 is 22.0 Å².